The summed E-state index contributed by atoms with van der Waals surface area (Å²) in [6, 6.07) is 16.1. The minimum atomic E-state index is -0.182. The minimum Gasteiger partial charge on any atom is -0.489 e. The Balaban J connectivity index is 1.24. The highest BCUT2D eigenvalue weighted by molar-refractivity contribution is 6.30. The third kappa shape index (κ3) is 6.85. The van der Waals surface area contributed by atoms with Crippen molar-refractivity contribution >= 4 is 23.3 Å². The number of amides is 2. The maximum atomic E-state index is 12.0. The van der Waals surface area contributed by atoms with E-state index in [4.69, 9.17) is 21.1 Å². The lowest BCUT2D eigenvalue weighted by Crippen LogP contribution is -2.52. The molecule has 0 saturated carbocycles. The summed E-state index contributed by atoms with van der Waals surface area (Å²) >= 11 is 6.01. The first-order valence-electron chi connectivity index (χ1n) is 12.0. The number of halogens is 1. The van der Waals surface area contributed by atoms with Crippen molar-refractivity contribution in [1.29, 1.82) is 0 Å². The van der Waals surface area contributed by atoms with Crippen LogP contribution in [0, 0.1) is 0 Å². The van der Waals surface area contributed by atoms with Crippen LogP contribution in [-0.2, 0) is 11.3 Å². The summed E-state index contributed by atoms with van der Waals surface area (Å²) in [5.74, 6) is 0.661. The second-order valence-corrected chi connectivity index (χ2v) is 9.69. The third-order valence-corrected chi connectivity index (χ3v) is 6.77. The van der Waals surface area contributed by atoms with Gasteiger partial charge in [-0.3, -0.25) is 9.80 Å². The molecule has 0 spiro atoms. The largest absolute Gasteiger partial charge is 0.489 e. The van der Waals surface area contributed by atoms with Gasteiger partial charge in [0.15, 0.2) is 0 Å². The first kappa shape index (κ1) is 24.8. The van der Waals surface area contributed by atoms with Crippen LogP contribution in [0.2, 0.25) is 5.02 Å². The quantitative estimate of drug-likeness (QED) is 0.636. The van der Waals surface area contributed by atoms with Gasteiger partial charge in [-0.15, -0.1) is 0 Å². The van der Waals surface area contributed by atoms with Crippen LogP contribution < -0.4 is 10.1 Å². The molecule has 2 aliphatic rings. The molecule has 184 valence electrons. The SMILES string of the molecule is CN(C)C(=O)Nc1ccccc1OCC1CN(C2CCN(Cc3ccc(Cl)cc3)CC2)CCO1. The van der Waals surface area contributed by atoms with Gasteiger partial charge in [0.1, 0.15) is 18.5 Å². The van der Waals surface area contributed by atoms with Gasteiger partial charge in [0.05, 0.1) is 12.3 Å². The lowest BCUT2D eigenvalue weighted by Gasteiger charge is -2.42. The smallest absolute Gasteiger partial charge is 0.321 e. The van der Waals surface area contributed by atoms with E-state index in [0.717, 1.165) is 44.4 Å². The van der Waals surface area contributed by atoms with Gasteiger partial charge in [-0.05, 0) is 55.8 Å². The van der Waals surface area contributed by atoms with Crippen LogP contribution in [-0.4, -0.2) is 86.4 Å². The average molecular weight is 487 g/mol. The maximum Gasteiger partial charge on any atom is 0.321 e. The van der Waals surface area contributed by atoms with Crippen LogP contribution in [0.4, 0.5) is 10.5 Å². The average Bonchev–Trinajstić information content (AvgIpc) is 2.85. The van der Waals surface area contributed by atoms with E-state index in [2.05, 4.69) is 27.2 Å². The van der Waals surface area contributed by atoms with Crippen molar-refractivity contribution in [3.63, 3.8) is 0 Å². The van der Waals surface area contributed by atoms with Crippen molar-refractivity contribution in [2.45, 2.75) is 31.5 Å². The lowest BCUT2D eigenvalue weighted by atomic mass is 10.0. The highest BCUT2D eigenvalue weighted by Gasteiger charge is 2.29. The summed E-state index contributed by atoms with van der Waals surface area (Å²) in [5, 5.41) is 3.67. The summed E-state index contributed by atoms with van der Waals surface area (Å²) in [5.41, 5.74) is 1.98. The van der Waals surface area contributed by atoms with Gasteiger partial charge in [-0.1, -0.05) is 35.9 Å². The molecule has 2 saturated heterocycles. The summed E-state index contributed by atoms with van der Waals surface area (Å²) in [6.07, 6.45) is 2.35. The number of ether oxygens (including phenoxy) is 2. The molecule has 2 aromatic carbocycles. The molecule has 1 unspecified atom stereocenters. The molecule has 34 heavy (non-hydrogen) atoms. The summed E-state index contributed by atoms with van der Waals surface area (Å²) in [6.45, 7) is 6.20. The minimum absolute atomic E-state index is 0.0125. The summed E-state index contributed by atoms with van der Waals surface area (Å²) < 4.78 is 12.1. The number of urea groups is 1. The third-order valence-electron chi connectivity index (χ3n) is 6.52. The summed E-state index contributed by atoms with van der Waals surface area (Å²) in [7, 11) is 3.43. The van der Waals surface area contributed by atoms with E-state index in [1.54, 1.807) is 14.1 Å². The van der Waals surface area contributed by atoms with Gasteiger partial charge in [0.25, 0.3) is 0 Å². The first-order valence-corrected chi connectivity index (χ1v) is 12.4. The van der Waals surface area contributed by atoms with Crippen LogP contribution in [0.3, 0.4) is 0 Å². The fraction of sp³-hybridized carbons (Fsp3) is 0.500. The fourth-order valence-electron chi connectivity index (χ4n) is 4.57. The number of carbonyl (C=O) groups excluding carboxylic acids is 1. The van der Waals surface area contributed by atoms with Crippen LogP contribution in [0.15, 0.2) is 48.5 Å². The van der Waals surface area contributed by atoms with Crippen molar-refractivity contribution in [3.05, 3.63) is 59.1 Å². The molecule has 2 aliphatic heterocycles. The normalized spacial score (nSPS) is 20.1. The molecular weight excluding hydrogens is 452 g/mol. The number of piperidine rings is 1. The van der Waals surface area contributed by atoms with Crippen molar-refractivity contribution in [3.8, 4) is 5.75 Å². The fourth-order valence-corrected chi connectivity index (χ4v) is 4.70. The number of carbonyl (C=O) groups is 1. The Kier molecular flexibility index (Phi) is 8.67. The highest BCUT2D eigenvalue weighted by atomic mass is 35.5. The second kappa shape index (κ2) is 11.9. The lowest BCUT2D eigenvalue weighted by molar-refractivity contribution is -0.0673. The van der Waals surface area contributed by atoms with Gasteiger partial charge in [0, 0.05) is 44.8 Å². The van der Waals surface area contributed by atoms with Crippen molar-refractivity contribution < 1.29 is 14.3 Å². The Morgan fingerprint density at radius 2 is 1.85 bits per heavy atom. The molecule has 1 N–H and O–H groups in total. The van der Waals surface area contributed by atoms with Crippen LogP contribution in [0.25, 0.3) is 0 Å². The van der Waals surface area contributed by atoms with E-state index in [-0.39, 0.29) is 12.1 Å². The highest BCUT2D eigenvalue weighted by Crippen LogP contribution is 2.26. The number of para-hydroxylation sites is 2. The zero-order chi connectivity index (χ0) is 23.9. The molecule has 2 aromatic rings. The number of benzene rings is 2. The van der Waals surface area contributed by atoms with E-state index in [0.29, 0.717) is 24.1 Å². The van der Waals surface area contributed by atoms with Crippen molar-refractivity contribution in [2.24, 2.45) is 0 Å². The zero-order valence-corrected chi connectivity index (χ0v) is 20.8. The Labute approximate surface area is 207 Å². The molecule has 0 bridgehead atoms. The van der Waals surface area contributed by atoms with Gasteiger partial charge in [0.2, 0.25) is 0 Å². The Hall–Kier alpha value is -2.32. The predicted octanol–water partition coefficient (Wildman–Crippen LogP) is 4.18. The van der Waals surface area contributed by atoms with Gasteiger partial charge < -0.3 is 19.7 Å². The van der Waals surface area contributed by atoms with E-state index in [1.165, 1.54) is 23.3 Å². The molecule has 8 heteroatoms. The number of hydrogen-bond acceptors (Lipinski definition) is 5. The van der Waals surface area contributed by atoms with Gasteiger partial charge in [-0.2, -0.15) is 0 Å². The van der Waals surface area contributed by atoms with E-state index >= 15 is 0 Å². The molecule has 0 aliphatic carbocycles. The number of likely N-dealkylation sites (tertiary alicyclic amines) is 1. The Morgan fingerprint density at radius 3 is 2.59 bits per heavy atom. The maximum absolute atomic E-state index is 12.0. The van der Waals surface area contributed by atoms with E-state index in [9.17, 15) is 4.79 Å². The first-order chi connectivity index (χ1) is 16.5. The molecule has 2 fully saturated rings. The second-order valence-electron chi connectivity index (χ2n) is 9.25. The number of morpholine rings is 1. The Morgan fingerprint density at radius 1 is 1.12 bits per heavy atom. The monoisotopic (exact) mass is 486 g/mol. The standard InChI is InChI=1S/C26H35ClN4O3/c1-29(2)26(32)28-24-5-3-4-6-25(24)34-19-23-18-31(15-16-33-23)22-11-13-30(14-12-22)17-20-7-9-21(27)10-8-20/h3-10,22-23H,11-19H2,1-2H3,(H,28,32). The number of rotatable bonds is 7. The number of nitrogens with one attached hydrogen (secondary N) is 1. The zero-order valence-electron chi connectivity index (χ0n) is 20.1. The number of hydrogen-bond donors (Lipinski definition) is 1. The molecule has 4 rings (SSSR count). The van der Waals surface area contributed by atoms with Crippen LogP contribution in [0.1, 0.15) is 18.4 Å². The van der Waals surface area contributed by atoms with Crippen LogP contribution >= 0.6 is 11.6 Å². The summed E-state index contributed by atoms with van der Waals surface area (Å²) in [4.78, 5) is 18.6. The van der Waals surface area contributed by atoms with E-state index in [1.807, 2.05) is 36.4 Å². The van der Waals surface area contributed by atoms with E-state index < -0.39 is 0 Å². The van der Waals surface area contributed by atoms with Crippen molar-refractivity contribution in [1.82, 2.24) is 14.7 Å². The van der Waals surface area contributed by atoms with Gasteiger partial charge >= 0.3 is 6.03 Å². The molecular formula is C26H35ClN4O3. The molecule has 0 aromatic heterocycles. The molecule has 7 nitrogen and oxygen atoms in total. The molecule has 1 atom stereocenters. The predicted molar refractivity (Wildman–Crippen MR) is 136 cm³/mol. The van der Waals surface area contributed by atoms with Gasteiger partial charge in [-0.25, -0.2) is 4.79 Å². The number of anilines is 1. The Bertz CT molecular complexity index is 932. The molecule has 2 amide bonds. The topological polar surface area (TPSA) is 57.3 Å². The van der Waals surface area contributed by atoms with Crippen molar-refractivity contribution in [2.75, 3.05) is 58.8 Å². The van der Waals surface area contributed by atoms with Crippen LogP contribution in [0.5, 0.6) is 5.75 Å². The molecule has 0 radical (unpaired) electrons. The number of nitrogens with zero attached hydrogens (tertiary/aromatic N) is 3. The molecule has 2 heterocycles.